The van der Waals surface area contributed by atoms with E-state index in [1.807, 2.05) is 0 Å². The van der Waals surface area contributed by atoms with Crippen LogP contribution in [0.15, 0.2) is 49.1 Å². The molecule has 0 spiro atoms. The van der Waals surface area contributed by atoms with E-state index in [1.54, 1.807) is 0 Å². The summed E-state index contributed by atoms with van der Waals surface area (Å²) in [6.07, 6.45) is 3.72. The number of aromatic nitrogens is 3. The number of nitro groups is 1. The zero-order valence-corrected chi connectivity index (χ0v) is 13.9. The first-order valence-electron chi connectivity index (χ1n) is 7.63. The summed E-state index contributed by atoms with van der Waals surface area (Å²) < 4.78 is 27.1. The lowest BCUT2D eigenvalue weighted by atomic mass is 10.3. The van der Waals surface area contributed by atoms with Gasteiger partial charge in [-0.1, -0.05) is 0 Å². The lowest BCUT2D eigenvalue weighted by Crippen LogP contribution is -2.30. The van der Waals surface area contributed by atoms with Gasteiger partial charge in [-0.15, -0.1) is 0 Å². The highest BCUT2D eigenvalue weighted by Gasteiger charge is 2.24. The SMILES string of the molecule is O=C(NNc1ncnc(Nc2cc(F)ccc2F)c1[N+](=O)[O-])c1cccnc1. The monoisotopic (exact) mass is 387 g/mol. The Morgan fingerprint density at radius 3 is 2.64 bits per heavy atom. The largest absolute Gasteiger partial charge is 0.355 e. The van der Waals surface area contributed by atoms with Gasteiger partial charge in [-0.25, -0.2) is 18.7 Å². The molecule has 0 atom stereocenters. The molecule has 0 radical (unpaired) electrons. The second kappa shape index (κ2) is 7.99. The van der Waals surface area contributed by atoms with Crippen molar-refractivity contribution in [1.29, 1.82) is 0 Å². The number of hydrogen-bond acceptors (Lipinski definition) is 8. The highest BCUT2D eigenvalue weighted by Crippen LogP contribution is 2.31. The van der Waals surface area contributed by atoms with Crippen molar-refractivity contribution in [3.8, 4) is 0 Å². The number of halogens is 2. The quantitative estimate of drug-likeness (QED) is 0.434. The molecule has 3 rings (SSSR count). The lowest BCUT2D eigenvalue weighted by Gasteiger charge is -2.11. The van der Waals surface area contributed by atoms with E-state index >= 15 is 0 Å². The number of nitrogens with zero attached hydrogens (tertiary/aromatic N) is 4. The molecule has 0 saturated heterocycles. The minimum atomic E-state index is -0.839. The van der Waals surface area contributed by atoms with Gasteiger partial charge < -0.3 is 5.32 Å². The Labute approximate surface area is 155 Å². The number of carbonyl (C=O) groups is 1. The molecule has 2 aromatic heterocycles. The van der Waals surface area contributed by atoms with Crippen LogP contribution in [0.5, 0.6) is 0 Å². The molecule has 28 heavy (non-hydrogen) atoms. The Bertz CT molecular complexity index is 1030. The molecule has 3 N–H and O–H groups in total. The van der Waals surface area contributed by atoms with Crippen LogP contribution in [0.4, 0.5) is 31.8 Å². The average Bonchev–Trinajstić information content (AvgIpc) is 2.69. The number of benzene rings is 1. The van der Waals surface area contributed by atoms with Crippen molar-refractivity contribution in [3.63, 3.8) is 0 Å². The molecule has 142 valence electrons. The zero-order valence-electron chi connectivity index (χ0n) is 13.9. The van der Waals surface area contributed by atoms with Crippen LogP contribution in [0.25, 0.3) is 0 Å². The molecule has 1 aromatic carbocycles. The van der Waals surface area contributed by atoms with Gasteiger partial charge in [0.15, 0.2) is 0 Å². The maximum atomic E-state index is 13.8. The summed E-state index contributed by atoms with van der Waals surface area (Å²) in [5, 5.41) is 13.8. The lowest BCUT2D eigenvalue weighted by molar-refractivity contribution is -0.383. The van der Waals surface area contributed by atoms with E-state index in [2.05, 4.69) is 31.1 Å². The van der Waals surface area contributed by atoms with Gasteiger partial charge in [0.2, 0.25) is 11.6 Å². The average molecular weight is 387 g/mol. The fourth-order valence-electron chi connectivity index (χ4n) is 2.14. The summed E-state index contributed by atoms with van der Waals surface area (Å²) in [5.74, 6) is -2.97. The highest BCUT2D eigenvalue weighted by atomic mass is 19.1. The fraction of sp³-hybridized carbons (Fsp3) is 0. The van der Waals surface area contributed by atoms with Crippen LogP contribution in [0, 0.1) is 21.7 Å². The van der Waals surface area contributed by atoms with Gasteiger partial charge in [0.1, 0.15) is 18.0 Å². The van der Waals surface area contributed by atoms with Crippen LogP contribution >= 0.6 is 0 Å². The number of carbonyl (C=O) groups excluding carboxylic acids is 1. The smallest absolute Gasteiger partial charge is 0.332 e. The molecular formula is C16H11F2N7O3. The summed E-state index contributed by atoms with van der Waals surface area (Å²) in [7, 11) is 0. The summed E-state index contributed by atoms with van der Waals surface area (Å²) in [6.45, 7) is 0. The number of hydrogen-bond donors (Lipinski definition) is 3. The van der Waals surface area contributed by atoms with Crippen LogP contribution < -0.4 is 16.2 Å². The zero-order chi connectivity index (χ0) is 20.1. The summed E-state index contributed by atoms with van der Waals surface area (Å²) in [6, 6.07) is 5.60. The van der Waals surface area contributed by atoms with Gasteiger partial charge in [-0.3, -0.25) is 30.7 Å². The van der Waals surface area contributed by atoms with Crippen LogP contribution in [-0.2, 0) is 0 Å². The maximum Gasteiger partial charge on any atom is 0.355 e. The second-order valence-electron chi connectivity index (χ2n) is 5.25. The van der Waals surface area contributed by atoms with E-state index in [4.69, 9.17) is 0 Å². The third kappa shape index (κ3) is 4.12. The first-order valence-corrected chi connectivity index (χ1v) is 7.63. The molecule has 0 bridgehead atoms. The first kappa shape index (κ1) is 18.6. The van der Waals surface area contributed by atoms with Crippen molar-refractivity contribution < 1.29 is 18.5 Å². The van der Waals surface area contributed by atoms with E-state index in [9.17, 15) is 23.7 Å². The normalized spacial score (nSPS) is 10.2. The van der Waals surface area contributed by atoms with Crippen LogP contribution in [0.1, 0.15) is 10.4 Å². The molecule has 0 aliphatic rings. The number of pyridine rings is 1. The third-order valence-corrected chi connectivity index (χ3v) is 3.40. The molecule has 1 amide bonds. The third-order valence-electron chi connectivity index (χ3n) is 3.40. The van der Waals surface area contributed by atoms with E-state index in [0.29, 0.717) is 0 Å². The van der Waals surface area contributed by atoms with Gasteiger partial charge >= 0.3 is 5.69 Å². The number of hydrazine groups is 1. The maximum absolute atomic E-state index is 13.8. The molecule has 2 heterocycles. The molecule has 0 unspecified atom stereocenters. The van der Waals surface area contributed by atoms with E-state index in [1.165, 1.54) is 24.5 Å². The predicted octanol–water partition coefficient (Wildman–Crippen LogP) is 2.56. The van der Waals surface area contributed by atoms with Crippen LogP contribution in [-0.4, -0.2) is 25.8 Å². The molecule has 10 nitrogen and oxygen atoms in total. The van der Waals surface area contributed by atoms with Crippen molar-refractivity contribution in [2.24, 2.45) is 0 Å². The number of rotatable bonds is 6. The number of amides is 1. The van der Waals surface area contributed by atoms with E-state index in [-0.39, 0.29) is 17.1 Å². The molecule has 0 saturated carbocycles. The van der Waals surface area contributed by atoms with Crippen LogP contribution in [0.3, 0.4) is 0 Å². The van der Waals surface area contributed by atoms with Gasteiger partial charge in [-0.2, -0.15) is 0 Å². The molecule has 3 aromatic rings. The highest BCUT2D eigenvalue weighted by molar-refractivity contribution is 5.94. The fourth-order valence-corrected chi connectivity index (χ4v) is 2.14. The predicted molar refractivity (Wildman–Crippen MR) is 93.7 cm³/mol. The van der Waals surface area contributed by atoms with E-state index < -0.39 is 34.0 Å². The van der Waals surface area contributed by atoms with Crippen molar-refractivity contribution in [2.45, 2.75) is 0 Å². The van der Waals surface area contributed by atoms with Crippen molar-refractivity contribution >= 4 is 28.9 Å². The first-order chi connectivity index (χ1) is 13.5. The Balaban J connectivity index is 1.86. The van der Waals surface area contributed by atoms with Crippen LogP contribution in [0.2, 0.25) is 0 Å². The topological polar surface area (TPSA) is 135 Å². The Hall–Kier alpha value is -4.22. The Morgan fingerprint density at radius 2 is 1.93 bits per heavy atom. The second-order valence-corrected chi connectivity index (χ2v) is 5.25. The van der Waals surface area contributed by atoms with Gasteiger partial charge in [0.05, 0.1) is 16.2 Å². The number of nitrogens with one attached hydrogen (secondary N) is 3. The van der Waals surface area contributed by atoms with Gasteiger partial charge in [0.25, 0.3) is 5.91 Å². The van der Waals surface area contributed by atoms with Crippen molar-refractivity contribution in [1.82, 2.24) is 20.4 Å². The van der Waals surface area contributed by atoms with Crippen molar-refractivity contribution in [2.75, 3.05) is 10.7 Å². The van der Waals surface area contributed by atoms with Crippen molar-refractivity contribution in [3.05, 3.63) is 76.4 Å². The molecule has 0 aliphatic heterocycles. The number of anilines is 3. The molecule has 0 fully saturated rings. The summed E-state index contributed by atoms with van der Waals surface area (Å²) >= 11 is 0. The van der Waals surface area contributed by atoms with Gasteiger partial charge in [-0.05, 0) is 24.3 Å². The minimum Gasteiger partial charge on any atom is -0.332 e. The molecule has 0 aliphatic carbocycles. The molecular weight excluding hydrogens is 376 g/mol. The van der Waals surface area contributed by atoms with Gasteiger partial charge in [0, 0.05) is 18.5 Å². The Kier molecular flexibility index (Phi) is 5.30. The summed E-state index contributed by atoms with van der Waals surface area (Å²) in [5.41, 5.74) is 3.72. The molecule has 12 heteroatoms. The standard InChI is InChI=1S/C16H11F2N7O3/c17-10-3-4-11(18)12(6-10)22-14-13(25(27)28)15(21-8-20-14)23-24-16(26)9-2-1-5-19-7-9/h1-8H,(H,24,26)(H2,20,21,22,23). The Morgan fingerprint density at radius 1 is 1.14 bits per heavy atom. The summed E-state index contributed by atoms with van der Waals surface area (Å²) in [4.78, 5) is 33.8. The minimum absolute atomic E-state index is 0.201. The van der Waals surface area contributed by atoms with E-state index in [0.717, 1.165) is 24.5 Å².